The summed E-state index contributed by atoms with van der Waals surface area (Å²) in [5, 5.41) is 6.87. The third-order valence-corrected chi connectivity index (χ3v) is 8.41. The Morgan fingerprint density at radius 1 is 1.23 bits per heavy atom. The van der Waals surface area contributed by atoms with Crippen LogP contribution in [-0.4, -0.2) is 68.3 Å². The monoisotopic (exact) mass is 517 g/mol. The third-order valence-electron chi connectivity index (χ3n) is 6.76. The Bertz CT molecular complexity index is 1170. The molecule has 5 rings (SSSR count). The van der Waals surface area contributed by atoms with Crippen LogP contribution in [0.1, 0.15) is 43.6 Å². The lowest BCUT2D eigenvalue weighted by molar-refractivity contribution is 0.163. The maximum Gasteiger partial charge on any atom is 0.406 e. The normalized spacial score (nSPS) is 20.8. The fraction of sp³-hybridized carbons (Fsp3) is 0.522. The Morgan fingerprint density at radius 2 is 2.03 bits per heavy atom. The van der Waals surface area contributed by atoms with Crippen molar-refractivity contribution in [1.82, 2.24) is 25.3 Å². The minimum absolute atomic E-state index is 0.334. The first-order valence-corrected chi connectivity index (χ1v) is 13.5. The summed E-state index contributed by atoms with van der Waals surface area (Å²) in [6, 6.07) is 0. The van der Waals surface area contributed by atoms with E-state index in [-0.39, 0.29) is 5.54 Å². The molecule has 0 saturated heterocycles. The number of carbonyl (C=O) groups is 1. The maximum absolute atomic E-state index is 12.8. The molecule has 2 N–H and O–H groups in total. The van der Waals surface area contributed by atoms with E-state index in [2.05, 4.69) is 31.6 Å². The predicted molar refractivity (Wildman–Crippen MR) is 134 cm³/mol. The highest BCUT2D eigenvalue weighted by molar-refractivity contribution is 7.85. The highest BCUT2D eigenvalue weighted by Crippen LogP contribution is 2.38. The van der Waals surface area contributed by atoms with Gasteiger partial charge in [-0.05, 0) is 37.7 Å². The van der Waals surface area contributed by atoms with E-state index in [0.717, 1.165) is 49.9 Å². The van der Waals surface area contributed by atoms with Crippen LogP contribution in [0.2, 0.25) is 5.02 Å². The SMILES string of the molecule is COC(=O)NCC1(Nc2nc(N3CCC=C(c4ncc(Cl)cn4)CC3)nc3c2S(=O)CC3)CCC1. The second-order valence-corrected chi connectivity index (χ2v) is 11.0. The molecule has 186 valence electrons. The highest BCUT2D eigenvalue weighted by Gasteiger charge is 2.40. The van der Waals surface area contributed by atoms with Crippen molar-refractivity contribution < 1.29 is 13.7 Å². The van der Waals surface area contributed by atoms with Crippen LogP contribution in [0.25, 0.3) is 5.57 Å². The topological polar surface area (TPSA) is 122 Å². The van der Waals surface area contributed by atoms with Crippen LogP contribution in [0.4, 0.5) is 16.6 Å². The van der Waals surface area contributed by atoms with E-state index in [1.54, 1.807) is 12.4 Å². The number of nitrogens with one attached hydrogen (secondary N) is 2. The molecule has 10 nitrogen and oxygen atoms in total. The summed E-state index contributed by atoms with van der Waals surface area (Å²) < 4.78 is 17.5. The van der Waals surface area contributed by atoms with Crippen molar-refractivity contribution >= 4 is 45.8 Å². The van der Waals surface area contributed by atoms with Crippen molar-refractivity contribution in [2.24, 2.45) is 0 Å². The number of methoxy groups -OCH3 is 1. The van der Waals surface area contributed by atoms with Gasteiger partial charge in [-0.25, -0.2) is 19.7 Å². The largest absolute Gasteiger partial charge is 0.453 e. The Labute approximate surface area is 211 Å². The molecule has 1 unspecified atom stereocenters. The number of nitrogens with zero attached hydrogens (tertiary/aromatic N) is 5. The number of halogens is 1. The number of alkyl carbamates (subject to hydrolysis) is 1. The average molecular weight is 518 g/mol. The number of aryl methyl sites for hydroxylation is 1. The van der Waals surface area contributed by atoms with Crippen LogP contribution in [0, 0.1) is 0 Å². The second kappa shape index (κ2) is 10.1. The molecule has 4 heterocycles. The molecule has 0 radical (unpaired) electrons. The van der Waals surface area contributed by atoms with Crippen molar-refractivity contribution in [2.45, 2.75) is 49.0 Å². The van der Waals surface area contributed by atoms with E-state index in [0.29, 0.717) is 52.8 Å². The van der Waals surface area contributed by atoms with Crippen LogP contribution >= 0.6 is 11.6 Å². The van der Waals surface area contributed by atoms with Crippen LogP contribution in [0.15, 0.2) is 23.4 Å². The Balaban J connectivity index is 1.37. The summed E-state index contributed by atoms with van der Waals surface area (Å²) in [5.41, 5.74) is 1.58. The zero-order chi connectivity index (χ0) is 24.4. The molecule has 2 aliphatic heterocycles. The van der Waals surface area contributed by atoms with E-state index < -0.39 is 16.9 Å². The van der Waals surface area contributed by atoms with Crippen molar-refractivity contribution in [1.29, 1.82) is 0 Å². The summed E-state index contributed by atoms with van der Waals surface area (Å²) in [7, 11) is 0.209. The van der Waals surface area contributed by atoms with Gasteiger partial charge in [0.05, 0.1) is 34.2 Å². The smallest absolute Gasteiger partial charge is 0.406 e. The molecule has 1 fully saturated rings. The number of carbonyl (C=O) groups excluding carboxylic acids is 1. The molecule has 0 bridgehead atoms. The van der Waals surface area contributed by atoms with E-state index in [4.69, 9.17) is 26.3 Å². The van der Waals surface area contributed by atoms with Gasteiger partial charge in [0.2, 0.25) is 5.95 Å². The molecule has 1 aliphatic carbocycles. The first kappa shape index (κ1) is 23.9. The molecule has 1 amide bonds. The standard InChI is InChI=1S/C23H28ClN7O3S/c1-34-22(32)27-14-23(7-3-8-23)30-20-18-17(6-11-35(18)33)28-21(29-20)31-9-2-4-15(5-10-31)19-25-12-16(24)13-26-19/h4,12-13H,2-3,5-11,14H2,1H3,(H,27,32)(H,28,29,30). The minimum Gasteiger partial charge on any atom is -0.453 e. The maximum atomic E-state index is 12.8. The molecule has 2 aromatic rings. The number of amides is 1. The zero-order valence-electron chi connectivity index (χ0n) is 19.6. The van der Waals surface area contributed by atoms with Gasteiger partial charge in [0, 0.05) is 44.2 Å². The Kier molecular flexibility index (Phi) is 6.88. The summed E-state index contributed by atoms with van der Waals surface area (Å²) in [4.78, 5) is 32.9. The summed E-state index contributed by atoms with van der Waals surface area (Å²) in [5.74, 6) is 2.49. The molecule has 1 saturated carbocycles. The lowest BCUT2D eigenvalue weighted by Gasteiger charge is -2.43. The number of aromatic nitrogens is 4. The van der Waals surface area contributed by atoms with Gasteiger partial charge in [-0.1, -0.05) is 17.7 Å². The summed E-state index contributed by atoms with van der Waals surface area (Å²) in [6.45, 7) is 1.89. The van der Waals surface area contributed by atoms with E-state index in [1.807, 2.05) is 0 Å². The average Bonchev–Trinajstić information content (AvgIpc) is 3.05. The zero-order valence-corrected chi connectivity index (χ0v) is 21.1. The molecule has 1 atom stereocenters. The Hall–Kier alpha value is -2.79. The van der Waals surface area contributed by atoms with Crippen molar-refractivity contribution in [2.75, 3.05) is 42.7 Å². The third kappa shape index (κ3) is 5.11. The molecule has 12 heteroatoms. The minimum atomic E-state index is -1.14. The van der Waals surface area contributed by atoms with E-state index in [9.17, 15) is 9.00 Å². The van der Waals surface area contributed by atoms with Crippen LogP contribution in [0.3, 0.4) is 0 Å². The Morgan fingerprint density at radius 3 is 2.74 bits per heavy atom. The lowest BCUT2D eigenvalue weighted by Crippen LogP contribution is -2.54. The predicted octanol–water partition coefficient (Wildman–Crippen LogP) is 2.96. The number of ether oxygens (including phenoxy) is 1. The first-order chi connectivity index (χ1) is 17.0. The summed E-state index contributed by atoms with van der Waals surface area (Å²) >= 11 is 5.94. The number of rotatable bonds is 6. The van der Waals surface area contributed by atoms with Gasteiger partial charge in [0.15, 0.2) is 5.82 Å². The van der Waals surface area contributed by atoms with Gasteiger partial charge in [-0.3, -0.25) is 4.21 Å². The van der Waals surface area contributed by atoms with Gasteiger partial charge in [-0.2, -0.15) is 4.98 Å². The molecule has 2 aromatic heterocycles. The van der Waals surface area contributed by atoms with Crippen molar-refractivity contribution in [3.63, 3.8) is 0 Å². The van der Waals surface area contributed by atoms with Gasteiger partial charge in [0.1, 0.15) is 10.7 Å². The molecule has 0 spiro atoms. The molecule has 0 aromatic carbocycles. The number of fused-ring (bicyclic) bond motifs is 1. The van der Waals surface area contributed by atoms with E-state index in [1.165, 1.54) is 7.11 Å². The van der Waals surface area contributed by atoms with Crippen molar-refractivity contribution in [3.05, 3.63) is 35.0 Å². The lowest BCUT2D eigenvalue weighted by atomic mass is 9.76. The van der Waals surface area contributed by atoms with Crippen LogP contribution in [-0.2, 0) is 22.0 Å². The first-order valence-electron chi connectivity index (χ1n) is 11.8. The highest BCUT2D eigenvalue weighted by atomic mass is 35.5. The fourth-order valence-electron chi connectivity index (χ4n) is 4.67. The number of hydrogen-bond acceptors (Lipinski definition) is 9. The quantitative estimate of drug-likeness (QED) is 0.595. The van der Waals surface area contributed by atoms with Crippen molar-refractivity contribution in [3.8, 4) is 0 Å². The summed E-state index contributed by atoms with van der Waals surface area (Å²) in [6.07, 6.45) is 9.96. The molecule has 3 aliphatic rings. The van der Waals surface area contributed by atoms with E-state index >= 15 is 0 Å². The van der Waals surface area contributed by atoms with Gasteiger partial charge in [-0.15, -0.1) is 0 Å². The second-order valence-electron chi connectivity index (χ2n) is 9.03. The van der Waals surface area contributed by atoms with Gasteiger partial charge < -0.3 is 20.3 Å². The van der Waals surface area contributed by atoms with Gasteiger partial charge in [0.25, 0.3) is 0 Å². The fourth-order valence-corrected chi connectivity index (χ4v) is 6.07. The van der Waals surface area contributed by atoms with Crippen LogP contribution < -0.4 is 15.5 Å². The molecular weight excluding hydrogens is 490 g/mol. The number of anilines is 2. The molecule has 35 heavy (non-hydrogen) atoms. The van der Waals surface area contributed by atoms with Gasteiger partial charge >= 0.3 is 6.09 Å². The number of hydrogen-bond donors (Lipinski definition) is 2. The van der Waals surface area contributed by atoms with Crippen LogP contribution in [0.5, 0.6) is 0 Å². The molecular formula is C23H28ClN7O3S.